The van der Waals surface area contributed by atoms with Crippen LogP contribution in [0.2, 0.25) is 0 Å². The highest BCUT2D eigenvalue weighted by atomic mass is 32.2. The molecule has 0 aliphatic rings. The third-order valence-electron chi connectivity index (χ3n) is 2.37. The van der Waals surface area contributed by atoms with Gasteiger partial charge < -0.3 is 5.11 Å². The fourth-order valence-electron chi connectivity index (χ4n) is 1.36. The molecule has 19 heavy (non-hydrogen) atoms. The average molecular weight is 305 g/mol. The summed E-state index contributed by atoms with van der Waals surface area (Å²) in [6.45, 7) is 1.52. The van der Waals surface area contributed by atoms with Crippen LogP contribution in [-0.2, 0) is 9.84 Å². The Morgan fingerprint density at radius 1 is 1.47 bits per heavy atom. The summed E-state index contributed by atoms with van der Waals surface area (Å²) >= 11 is 1.12. The molecule has 0 heterocycles. The van der Waals surface area contributed by atoms with Gasteiger partial charge in [0.1, 0.15) is 9.84 Å². The van der Waals surface area contributed by atoms with Gasteiger partial charge in [0.05, 0.1) is 21.7 Å². The van der Waals surface area contributed by atoms with Crippen LogP contribution >= 0.6 is 11.8 Å². The molecule has 0 fully saturated rings. The fourth-order valence-corrected chi connectivity index (χ4v) is 3.57. The van der Waals surface area contributed by atoms with Crippen molar-refractivity contribution in [3.63, 3.8) is 0 Å². The molecule has 0 aliphatic heterocycles. The zero-order valence-electron chi connectivity index (χ0n) is 10.6. The molecule has 0 saturated carbocycles. The fraction of sp³-hybridized carbons (Fsp3) is 0.455. The van der Waals surface area contributed by atoms with Crippen LogP contribution < -0.4 is 0 Å². The molecule has 1 atom stereocenters. The number of sulfone groups is 1. The summed E-state index contributed by atoms with van der Waals surface area (Å²) in [5.74, 6) is 0.223. The maximum Gasteiger partial charge on any atom is 0.283 e. The Morgan fingerprint density at radius 3 is 2.58 bits per heavy atom. The first kappa shape index (κ1) is 15.9. The van der Waals surface area contributed by atoms with Crippen molar-refractivity contribution in [2.75, 3.05) is 17.8 Å². The predicted molar refractivity (Wildman–Crippen MR) is 74.2 cm³/mol. The molecular formula is C11H15NO5S2. The number of aliphatic hydroxyl groups is 1. The van der Waals surface area contributed by atoms with Crippen molar-refractivity contribution >= 4 is 27.3 Å². The topological polar surface area (TPSA) is 97.5 Å². The summed E-state index contributed by atoms with van der Waals surface area (Å²) in [6.07, 6.45) is 0.340. The van der Waals surface area contributed by atoms with Gasteiger partial charge in [0.2, 0.25) is 0 Å². The zero-order chi connectivity index (χ0) is 14.6. The van der Waals surface area contributed by atoms with Crippen LogP contribution in [-0.4, -0.2) is 36.2 Å². The summed E-state index contributed by atoms with van der Waals surface area (Å²) in [6, 6.07) is 4.45. The van der Waals surface area contributed by atoms with Crippen molar-refractivity contribution in [2.24, 2.45) is 0 Å². The van der Waals surface area contributed by atoms with E-state index in [2.05, 4.69) is 0 Å². The minimum Gasteiger partial charge on any atom is -0.389 e. The van der Waals surface area contributed by atoms with Crippen LogP contribution in [0.1, 0.15) is 18.6 Å². The number of hydrogen-bond acceptors (Lipinski definition) is 6. The van der Waals surface area contributed by atoms with E-state index in [1.54, 1.807) is 6.07 Å². The third-order valence-corrected chi connectivity index (χ3v) is 4.64. The monoisotopic (exact) mass is 305 g/mol. The number of hydrogen-bond donors (Lipinski definition) is 1. The molecule has 1 aromatic carbocycles. The lowest BCUT2D eigenvalue weighted by Crippen LogP contribution is -2.05. The summed E-state index contributed by atoms with van der Waals surface area (Å²) in [5.41, 5.74) is 0.344. The van der Waals surface area contributed by atoms with E-state index in [4.69, 9.17) is 0 Å². The van der Waals surface area contributed by atoms with Gasteiger partial charge in [-0.2, -0.15) is 0 Å². The minimum absolute atomic E-state index is 0.0347. The summed E-state index contributed by atoms with van der Waals surface area (Å²) in [7, 11) is -3.08. The molecule has 0 radical (unpaired) electrons. The Labute approximate surface area is 115 Å². The molecule has 0 aliphatic carbocycles. The molecule has 1 aromatic rings. The molecule has 6 nitrogen and oxygen atoms in total. The molecule has 0 bridgehead atoms. The molecule has 0 saturated heterocycles. The number of thioether (sulfide) groups is 1. The number of nitrogens with zero attached hydrogens (tertiary/aromatic N) is 1. The predicted octanol–water partition coefficient (Wildman–Crippen LogP) is 1.78. The third kappa shape index (κ3) is 5.17. The minimum atomic E-state index is -3.08. The van der Waals surface area contributed by atoms with Gasteiger partial charge in [0, 0.05) is 18.1 Å². The number of nitro benzene ring substituents is 1. The number of aliphatic hydroxyl groups excluding tert-OH is 1. The van der Waals surface area contributed by atoms with E-state index in [1.807, 2.05) is 0 Å². The number of nitro groups is 1. The standard InChI is InChI=1S/C11H15NO5S2/c1-8(13)9-3-4-11(10(7-9)12(14)15)18-5-6-19(2,16)17/h3-4,7-8,13H,5-6H2,1-2H3. The van der Waals surface area contributed by atoms with Crippen molar-refractivity contribution in [3.8, 4) is 0 Å². The van der Waals surface area contributed by atoms with Crippen LogP contribution in [0.5, 0.6) is 0 Å². The largest absolute Gasteiger partial charge is 0.389 e. The lowest BCUT2D eigenvalue weighted by molar-refractivity contribution is -0.387. The molecule has 1 rings (SSSR count). The summed E-state index contributed by atoms with van der Waals surface area (Å²) < 4.78 is 22.0. The van der Waals surface area contributed by atoms with Gasteiger partial charge in [-0.05, 0) is 18.6 Å². The van der Waals surface area contributed by atoms with Crippen molar-refractivity contribution in [3.05, 3.63) is 33.9 Å². The smallest absolute Gasteiger partial charge is 0.283 e. The first-order chi connectivity index (χ1) is 8.70. The van der Waals surface area contributed by atoms with Gasteiger partial charge in [0.15, 0.2) is 0 Å². The highest BCUT2D eigenvalue weighted by Crippen LogP contribution is 2.31. The van der Waals surface area contributed by atoms with E-state index in [0.717, 1.165) is 18.0 Å². The van der Waals surface area contributed by atoms with Crippen LogP contribution in [0.4, 0.5) is 5.69 Å². The van der Waals surface area contributed by atoms with E-state index in [9.17, 15) is 23.6 Å². The van der Waals surface area contributed by atoms with Crippen LogP contribution in [0, 0.1) is 10.1 Å². The zero-order valence-corrected chi connectivity index (χ0v) is 12.2. The second-order valence-corrected chi connectivity index (χ2v) is 7.54. The molecule has 1 N–H and O–H groups in total. The van der Waals surface area contributed by atoms with Gasteiger partial charge in [-0.1, -0.05) is 6.07 Å². The lowest BCUT2D eigenvalue weighted by atomic mass is 10.1. The van der Waals surface area contributed by atoms with Gasteiger partial charge in [-0.15, -0.1) is 11.8 Å². The summed E-state index contributed by atoms with van der Waals surface area (Å²) in [4.78, 5) is 10.8. The van der Waals surface area contributed by atoms with Gasteiger partial charge in [-0.3, -0.25) is 10.1 Å². The average Bonchev–Trinajstić information content (AvgIpc) is 2.27. The molecule has 0 aromatic heterocycles. The van der Waals surface area contributed by atoms with E-state index >= 15 is 0 Å². The van der Waals surface area contributed by atoms with E-state index in [-0.39, 0.29) is 17.2 Å². The van der Waals surface area contributed by atoms with Crippen LogP contribution in [0.15, 0.2) is 23.1 Å². The van der Waals surface area contributed by atoms with Gasteiger partial charge in [-0.25, -0.2) is 8.42 Å². The Morgan fingerprint density at radius 2 is 2.11 bits per heavy atom. The highest BCUT2D eigenvalue weighted by molar-refractivity contribution is 8.00. The second kappa shape index (κ2) is 6.36. The first-order valence-electron chi connectivity index (χ1n) is 5.47. The van der Waals surface area contributed by atoms with Gasteiger partial charge in [0.25, 0.3) is 5.69 Å². The van der Waals surface area contributed by atoms with E-state index in [0.29, 0.717) is 10.5 Å². The van der Waals surface area contributed by atoms with Crippen molar-refractivity contribution < 1.29 is 18.4 Å². The highest BCUT2D eigenvalue weighted by Gasteiger charge is 2.17. The van der Waals surface area contributed by atoms with Crippen molar-refractivity contribution in [1.82, 2.24) is 0 Å². The Bertz CT molecular complexity index is 568. The summed E-state index contributed by atoms with van der Waals surface area (Å²) in [5, 5.41) is 20.3. The molecule has 0 spiro atoms. The number of rotatable bonds is 6. The number of benzene rings is 1. The Balaban J connectivity index is 2.91. The molecular weight excluding hydrogens is 290 g/mol. The lowest BCUT2D eigenvalue weighted by Gasteiger charge is -2.07. The molecule has 106 valence electrons. The van der Waals surface area contributed by atoms with E-state index in [1.165, 1.54) is 19.1 Å². The first-order valence-corrected chi connectivity index (χ1v) is 8.52. The quantitative estimate of drug-likeness (QED) is 0.489. The second-order valence-electron chi connectivity index (χ2n) is 4.14. The van der Waals surface area contributed by atoms with Gasteiger partial charge >= 0.3 is 0 Å². The van der Waals surface area contributed by atoms with Crippen LogP contribution in [0.25, 0.3) is 0 Å². The van der Waals surface area contributed by atoms with Crippen molar-refractivity contribution in [2.45, 2.75) is 17.9 Å². The molecule has 1 unspecified atom stereocenters. The van der Waals surface area contributed by atoms with Crippen molar-refractivity contribution in [1.29, 1.82) is 0 Å². The molecule has 0 amide bonds. The maximum atomic E-state index is 11.0. The Hall–Kier alpha value is -1.12. The normalized spacial score (nSPS) is 13.2. The van der Waals surface area contributed by atoms with Crippen LogP contribution in [0.3, 0.4) is 0 Å². The maximum absolute atomic E-state index is 11.0. The SMILES string of the molecule is CC(O)c1ccc(SCCS(C)(=O)=O)c([N+](=O)[O-])c1. The Kier molecular flexibility index (Phi) is 5.33. The van der Waals surface area contributed by atoms with E-state index < -0.39 is 20.9 Å². The molecule has 8 heteroatoms.